The van der Waals surface area contributed by atoms with Gasteiger partial charge in [0.2, 0.25) is 5.91 Å². The van der Waals surface area contributed by atoms with Crippen molar-refractivity contribution in [3.8, 4) is 0 Å². The molecule has 2 amide bonds. The van der Waals surface area contributed by atoms with Crippen LogP contribution in [-0.2, 0) is 17.8 Å². The Balaban J connectivity index is 1.64. The first-order valence-electron chi connectivity index (χ1n) is 7.52. The third kappa shape index (κ3) is 3.44. The highest BCUT2D eigenvalue weighted by Crippen LogP contribution is 2.32. The molecule has 3 rings (SSSR count). The molecule has 8 heteroatoms. The molecular weight excluding hydrogens is 334 g/mol. The molecule has 3 heterocycles. The number of thiophene rings is 1. The summed E-state index contributed by atoms with van der Waals surface area (Å²) in [4.78, 5) is 31.9. The van der Waals surface area contributed by atoms with Gasteiger partial charge in [0.05, 0.1) is 22.5 Å². The second-order valence-corrected chi connectivity index (χ2v) is 8.38. The van der Waals surface area contributed by atoms with Crippen molar-refractivity contribution in [2.75, 3.05) is 6.54 Å². The van der Waals surface area contributed by atoms with Gasteiger partial charge in [0.15, 0.2) is 0 Å². The Kier molecular flexibility index (Phi) is 4.74. The van der Waals surface area contributed by atoms with Crippen molar-refractivity contribution in [1.82, 2.24) is 10.4 Å². The van der Waals surface area contributed by atoms with Crippen molar-refractivity contribution in [2.45, 2.75) is 44.5 Å². The molecular formula is C15H19N3O3S2. The first-order valence-corrected chi connectivity index (χ1v) is 9.22. The molecule has 6 nitrogen and oxygen atoms in total. The van der Waals surface area contributed by atoms with Crippen molar-refractivity contribution in [2.24, 2.45) is 4.99 Å². The Morgan fingerprint density at radius 2 is 2.30 bits per heavy atom. The van der Waals surface area contributed by atoms with Crippen LogP contribution in [-0.4, -0.2) is 44.8 Å². The lowest BCUT2D eigenvalue weighted by Crippen LogP contribution is -2.37. The van der Waals surface area contributed by atoms with E-state index < -0.39 is 5.91 Å². The highest BCUT2D eigenvalue weighted by atomic mass is 32.2. The normalized spacial score (nSPS) is 23.4. The maximum Gasteiger partial charge on any atom is 0.284 e. The minimum Gasteiger partial charge on any atom is -0.337 e. The number of hydrogen-bond acceptors (Lipinski definition) is 6. The highest BCUT2D eigenvalue weighted by molar-refractivity contribution is 8.14. The molecule has 0 saturated heterocycles. The van der Waals surface area contributed by atoms with Crippen molar-refractivity contribution in [3.63, 3.8) is 0 Å². The van der Waals surface area contributed by atoms with Gasteiger partial charge in [-0.3, -0.25) is 19.8 Å². The summed E-state index contributed by atoms with van der Waals surface area (Å²) in [5, 5.41) is 10.00. The average molecular weight is 353 g/mol. The van der Waals surface area contributed by atoms with Crippen LogP contribution in [0.4, 0.5) is 0 Å². The van der Waals surface area contributed by atoms with Crippen LogP contribution in [0.3, 0.4) is 0 Å². The van der Waals surface area contributed by atoms with E-state index in [0.717, 1.165) is 21.9 Å². The monoisotopic (exact) mass is 353 g/mol. The van der Waals surface area contributed by atoms with Gasteiger partial charge in [0, 0.05) is 23.1 Å². The van der Waals surface area contributed by atoms with Gasteiger partial charge in [-0.15, -0.1) is 23.1 Å². The summed E-state index contributed by atoms with van der Waals surface area (Å²) in [5.74, 6) is -0.349. The van der Waals surface area contributed by atoms with Crippen molar-refractivity contribution < 1.29 is 14.8 Å². The standard InChI is InChI=1S/C15H19N3O3S2/c1-8-11(22-9(2)16-8)6-14(19)18-4-3-10-5-12(15(20)17-21)23-13(10)7-18/h5,8,11,21H,3-4,6-7H2,1-2H3,(H,17,20). The number of carbonyl (C=O) groups is 2. The molecule has 0 aromatic carbocycles. The summed E-state index contributed by atoms with van der Waals surface area (Å²) in [7, 11) is 0. The van der Waals surface area contributed by atoms with E-state index >= 15 is 0 Å². The molecule has 0 aliphatic carbocycles. The van der Waals surface area contributed by atoms with Gasteiger partial charge in [0.1, 0.15) is 0 Å². The largest absolute Gasteiger partial charge is 0.337 e. The van der Waals surface area contributed by atoms with Crippen LogP contribution in [0.2, 0.25) is 0 Å². The number of fused-ring (bicyclic) bond motifs is 1. The second kappa shape index (κ2) is 6.62. The van der Waals surface area contributed by atoms with Crippen molar-refractivity contribution >= 4 is 40.0 Å². The Hall–Kier alpha value is -1.38. The lowest BCUT2D eigenvalue weighted by Gasteiger charge is -2.28. The Morgan fingerprint density at radius 1 is 1.52 bits per heavy atom. The van der Waals surface area contributed by atoms with Crippen LogP contribution in [0.25, 0.3) is 0 Å². The van der Waals surface area contributed by atoms with Gasteiger partial charge in [-0.05, 0) is 31.9 Å². The molecule has 2 N–H and O–H groups in total. The quantitative estimate of drug-likeness (QED) is 0.644. The molecule has 0 saturated carbocycles. The number of nitrogens with one attached hydrogen (secondary N) is 1. The Bertz CT molecular complexity index is 671. The molecule has 0 radical (unpaired) electrons. The predicted molar refractivity (Wildman–Crippen MR) is 91.3 cm³/mol. The lowest BCUT2D eigenvalue weighted by atomic mass is 10.1. The SMILES string of the molecule is CC1=NC(C)C(CC(=O)N2CCc3cc(C(=O)NO)sc3C2)S1. The molecule has 1 aromatic heterocycles. The maximum atomic E-state index is 12.6. The van der Waals surface area contributed by atoms with E-state index in [4.69, 9.17) is 5.21 Å². The summed E-state index contributed by atoms with van der Waals surface area (Å²) in [6.45, 7) is 5.25. The third-order valence-electron chi connectivity index (χ3n) is 4.18. The van der Waals surface area contributed by atoms with E-state index in [0.29, 0.717) is 24.4 Å². The molecule has 23 heavy (non-hydrogen) atoms. The Labute approximate surface area is 142 Å². The maximum absolute atomic E-state index is 12.6. The van der Waals surface area contributed by atoms with Crippen LogP contribution in [0, 0.1) is 0 Å². The van der Waals surface area contributed by atoms with Gasteiger partial charge < -0.3 is 4.90 Å². The van der Waals surface area contributed by atoms with Crippen molar-refractivity contribution in [3.05, 3.63) is 21.4 Å². The third-order valence-corrected chi connectivity index (χ3v) is 6.65. The molecule has 1 aromatic rings. The van der Waals surface area contributed by atoms with Gasteiger partial charge >= 0.3 is 0 Å². The Morgan fingerprint density at radius 3 is 2.96 bits per heavy atom. The smallest absolute Gasteiger partial charge is 0.284 e. The number of amides is 2. The number of nitrogens with zero attached hydrogens (tertiary/aromatic N) is 2. The number of hydrogen-bond donors (Lipinski definition) is 2. The zero-order valence-corrected chi connectivity index (χ0v) is 14.7. The summed E-state index contributed by atoms with van der Waals surface area (Å²) in [5.41, 5.74) is 2.75. The summed E-state index contributed by atoms with van der Waals surface area (Å²) in [6.07, 6.45) is 1.25. The zero-order chi connectivity index (χ0) is 16.6. The van der Waals surface area contributed by atoms with Crippen LogP contribution in [0.15, 0.2) is 11.1 Å². The molecule has 2 atom stereocenters. The summed E-state index contributed by atoms with van der Waals surface area (Å²) < 4.78 is 0. The van der Waals surface area contributed by atoms with E-state index in [9.17, 15) is 9.59 Å². The molecule has 2 aliphatic heterocycles. The summed E-state index contributed by atoms with van der Waals surface area (Å²) in [6, 6.07) is 1.99. The molecule has 0 bridgehead atoms. The van der Waals surface area contributed by atoms with Gasteiger partial charge in [-0.1, -0.05) is 0 Å². The summed E-state index contributed by atoms with van der Waals surface area (Å²) >= 11 is 3.03. The number of hydroxylamine groups is 1. The number of carbonyl (C=O) groups excluding carboxylic acids is 2. The first kappa shape index (κ1) is 16.5. The van der Waals surface area contributed by atoms with Crippen molar-refractivity contribution in [1.29, 1.82) is 0 Å². The van der Waals surface area contributed by atoms with Crippen LogP contribution >= 0.6 is 23.1 Å². The zero-order valence-electron chi connectivity index (χ0n) is 13.0. The van der Waals surface area contributed by atoms with E-state index in [1.807, 2.05) is 11.8 Å². The van der Waals surface area contributed by atoms with E-state index in [-0.39, 0.29) is 17.2 Å². The van der Waals surface area contributed by atoms with Gasteiger partial charge in [-0.25, -0.2) is 5.48 Å². The molecule has 0 fully saturated rings. The van der Waals surface area contributed by atoms with Crippen LogP contribution in [0.1, 0.15) is 40.4 Å². The van der Waals surface area contributed by atoms with Crippen LogP contribution in [0.5, 0.6) is 0 Å². The molecule has 2 aliphatic rings. The van der Waals surface area contributed by atoms with Gasteiger partial charge in [0.25, 0.3) is 5.91 Å². The topological polar surface area (TPSA) is 82.0 Å². The lowest BCUT2D eigenvalue weighted by molar-refractivity contribution is -0.132. The fourth-order valence-corrected chi connectivity index (χ4v) is 5.20. The number of aliphatic imine (C=N–C) groups is 1. The van der Waals surface area contributed by atoms with E-state index in [1.54, 1.807) is 23.3 Å². The molecule has 124 valence electrons. The van der Waals surface area contributed by atoms with E-state index in [2.05, 4.69) is 11.9 Å². The minimum atomic E-state index is -0.494. The van der Waals surface area contributed by atoms with Crippen LogP contribution < -0.4 is 5.48 Å². The van der Waals surface area contributed by atoms with Gasteiger partial charge in [-0.2, -0.15) is 0 Å². The number of thioether (sulfide) groups is 1. The molecule has 0 spiro atoms. The predicted octanol–water partition coefficient (Wildman–Crippen LogP) is 2.06. The highest BCUT2D eigenvalue weighted by Gasteiger charge is 2.30. The molecule has 2 unspecified atom stereocenters. The van der Waals surface area contributed by atoms with E-state index in [1.165, 1.54) is 11.3 Å². The first-order chi connectivity index (χ1) is 11.0. The average Bonchev–Trinajstić information content (AvgIpc) is 3.08. The fourth-order valence-electron chi connectivity index (χ4n) is 2.93. The minimum absolute atomic E-state index is 0.145. The number of rotatable bonds is 3. The second-order valence-electron chi connectivity index (χ2n) is 5.81. The fraction of sp³-hybridized carbons (Fsp3) is 0.533.